The van der Waals surface area contributed by atoms with E-state index in [1.54, 1.807) is 30.1 Å². The van der Waals surface area contributed by atoms with Crippen LogP contribution in [0.3, 0.4) is 0 Å². The number of rotatable bonds is 5. The number of hydrogen-bond donors (Lipinski definition) is 2. The zero-order valence-electron chi connectivity index (χ0n) is 14.2. The van der Waals surface area contributed by atoms with Crippen LogP contribution in [-0.4, -0.2) is 53.6 Å². The Hall–Kier alpha value is -2.45. The van der Waals surface area contributed by atoms with Crippen LogP contribution in [0.1, 0.15) is 5.56 Å². The average molecular weight is 347 g/mol. The van der Waals surface area contributed by atoms with Crippen molar-refractivity contribution in [2.75, 3.05) is 43.5 Å². The molecule has 0 atom stereocenters. The zero-order valence-corrected chi connectivity index (χ0v) is 14.2. The van der Waals surface area contributed by atoms with Crippen molar-refractivity contribution in [3.63, 3.8) is 0 Å². The molecule has 8 heteroatoms. The summed E-state index contributed by atoms with van der Waals surface area (Å²) in [5, 5.41) is 9.65. The van der Waals surface area contributed by atoms with Crippen molar-refractivity contribution in [1.82, 2.24) is 14.7 Å². The van der Waals surface area contributed by atoms with Gasteiger partial charge in [-0.2, -0.15) is 5.10 Å². The first kappa shape index (κ1) is 17.4. The maximum absolute atomic E-state index is 13.2. The van der Waals surface area contributed by atoms with Crippen LogP contribution in [0.2, 0.25) is 0 Å². The molecule has 2 aromatic rings. The van der Waals surface area contributed by atoms with Crippen molar-refractivity contribution in [3.05, 3.63) is 42.0 Å². The molecule has 25 heavy (non-hydrogen) atoms. The molecule has 2 N–H and O–H groups in total. The molecule has 0 bridgehead atoms. The van der Waals surface area contributed by atoms with Crippen molar-refractivity contribution in [2.24, 2.45) is 0 Å². The first-order chi connectivity index (χ1) is 12.1. The monoisotopic (exact) mass is 347 g/mol. The minimum atomic E-state index is -0.390. The van der Waals surface area contributed by atoms with Crippen molar-refractivity contribution in [2.45, 2.75) is 13.5 Å². The standard InChI is InChI=1S/C17H22FN5O2/c1-13-10-14(2-3-16(13)18)20-17(24)21-15-11-19-23(12-15)5-4-22-6-8-25-9-7-22/h2-3,10-12H,4-9H2,1H3,(H2,20,21,24). The summed E-state index contributed by atoms with van der Waals surface area (Å²) in [6.07, 6.45) is 3.39. The van der Waals surface area contributed by atoms with Gasteiger partial charge in [-0.25, -0.2) is 9.18 Å². The Labute approximate surface area is 145 Å². The fraction of sp³-hybridized carbons (Fsp3) is 0.412. The Bertz CT molecular complexity index is 728. The molecule has 0 aliphatic carbocycles. The SMILES string of the molecule is Cc1cc(NC(=O)Nc2cnn(CCN3CCOCC3)c2)ccc1F. The van der Waals surface area contributed by atoms with Gasteiger partial charge in [0.1, 0.15) is 5.82 Å². The lowest BCUT2D eigenvalue weighted by molar-refractivity contribution is 0.0360. The van der Waals surface area contributed by atoms with Gasteiger partial charge in [-0.1, -0.05) is 0 Å². The number of morpholine rings is 1. The van der Waals surface area contributed by atoms with Gasteiger partial charge in [0, 0.05) is 31.5 Å². The number of amides is 2. The van der Waals surface area contributed by atoms with Gasteiger partial charge in [0.2, 0.25) is 0 Å². The van der Waals surface area contributed by atoms with E-state index < -0.39 is 6.03 Å². The molecule has 134 valence electrons. The van der Waals surface area contributed by atoms with Crippen LogP contribution >= 0.6 is 0 Å². The number of urea groups is 1. The van der Waals surface area contributed by atoms with Crippen LogP contribution in [0.25, 0.3) is 0 Å². The van der Waals surface area contributed by atoms with E-state index in [2.05, 4.69) is 20.6 Å². The lowest BCUT2D eigenvalue weighted by Gasteiger charge is -2.26. The van der Waals surface area contributed by atoms with Gasteiger partial charge in [-0.05, 0) is 30.7 Å². The number of aromatic nitrogens is 2. The van der Waals surface area contributed by atoms with Crippen LogP contribution in [0, 0.1) is 12.7 Å². The van der Waals surface area contributed by atoms with Crippen LogP contribution < -0.4 is 10.6 Å². The number of hydrogen-bond acceptors (Lipinski definition) is 4. The summed E-state index contributed by atoms with van der Waals surface area (Å²) in [7, 11) is 0. The summed E-state index contributed by atoms with van der Waals surface area (Å²) in [5.41, 5.74) is 1.63. The molecule has 0 saturated carbocycles. The van der Waals surface area contributed by atoms with Crippen LogP contribution in [-0.2, 0) is 11.3 Å². The van der Waals surface area contributed by atoms with Gasteiger partial charge >= 0.3 is 6.03 Å². The summed E-state index contributed by atoms with van der Waals surface area (Å²) in [5.74, 6) is -0.299. The molecule has 0 spiro atoms. The normalized spacial score (nSPS) is 15.1. The van der Waals surface area contributed by atoms with Gasteiger partial charge in [-0.3, -0.25) is 9.58 Å². The van der Waals surface area contributed by atoms with Gasteiger partial charge in [0.05, 0.1) is 31.6 Å². The van der Waals surface area contributed by atoms with Gasteiger partial charge in [0.15, 0.2) is 0 Å². The number of ether oxygens (including phenoxy) is 1. The summed E-state index contributed by atoms with van der Waals surface area (Å²) >= 11 is 0. The second-order valence-electron chi connectivity index (χ2n) is 5.99. The third kappa shape index (κ3) is 5.01. The van der Waals surface area contributed by atoms with Crippen molar-refractivity contribution < 1.29 is 13.9 Å². The minimum absolute atomic E-state index is 0.299. The Balaban J connectivity index is 1.48. The maximum Gasteiger partial charge on any atom is 0.323 e. The summed E-state index contributed by atoms with van der Waals surface area (Å²) in [6, 6.07) is 4.04. The molecule has 1 aliphatic heterocycles. The van der Waals surface area contributed by atoms with Crippen LogP contribution in [0.15, 0.2) is 30.6 Å². The molecule has 0 unspecified atom stereocenters. The molecular formula is C17H22FN5O2. The molecule has 1 aromatic heterocycles. The highest BCUT2D eigenvalue weighted by molar-refractivity contribution is 5.99. The van der Waals surface area contributed by atoms with Gasteiger partial charge in [-0.15, -0.1) is 0 Å². The fourth-order valence-electron chi connectivity index (χ4n) is 2.63. The van der Waals surface area contributed by atoms with E-state index in [1.165, 1.54) is 12.1 Å². The number of aryl methyl sites for hydroxylation is 1. The summed E-state index contributed by atoms with van der Waals surface area (Å²) < 4.78 is 20.4. The number of halogens is 1. The number of nitrogens with zero attached hydrogens (tertiary/aromatic N) is 3. The second-order valence-corrected chi connectivity index (χ2v) is 5.99. The lowest BCUT2D eigenvalue weighted by atomic mass is 10.2. The van der Waals surface area contributed by atoms with E-state index in [0.29, 0.717) is 16.9 Å². The first-order valence-electron chi connectivity index (χ1n) is 8.27. The van der Waals surface area contributed by atoms with E-state index in [9.17, 15) is 9.18 Å². The van der Waals surface area contributed by atoms with Gasteiger partial charge < -0.3 is 15.4 Å². The Morgan fingerprint density at radius 2 is 2.00 bits per heavy atom. The van der Waals surface area contributed by atoms with E-state index in [1.807, 2.05) is 0 Å². The minimum Gasteiger partial charge on any atom is -0.379 e. The highest BCUT2D eigenvalue weighted by Crippen LogP contribution is 2.14. The third-order valence-electron chi connectivity index (χ3n) is 4.06. The summed E-state index contributed by atoms with van der Waals surface area (Å²) in [6.45, 7) is 6.71. The molecule has 1 aromatic carbocycles. The molecule has 2 amide bonds. The number of anilines is 2. The molecular weight excluding hydrogens is 325 g/mol. The molecule has 1 saturated heterocycles. The quantitative estimate of drug-likeness (QED) is 0.871. The lowest BCUT2D eigenvalue weighted by Crippen LogP contribution is -2.38. The molecule has 1 fully saturated rings. The largest absolute Gasteiger partial charge is 0.379 e. The van der Waals surface area contributed by atoms with E-state index in [0.717, 1.165) is 39.4 Å². The third-order valence-corrected chi connectivity index (χ3v) is 4.06. The van der Waals surface area contributed by atoms with Crippen LogP contribution in [0.5, 0.6) is 0 Å². The molecule has 1 aliphatic rings. The highest BCUT2D eigenvalue weighted by Gasteiger charge is 2.11. The fourth-order valence-corrected chi connectivity index (χ4v) is 2.63. The number of carbonyl (C=O) groups excluding carboxylic acids is 1. The van der Waals surface area contributed by atoms with Crippen molar-refractivity contribution in [3.8, 4) is 0 Å². The van der Waals surface area contributed by atoms with E-state index in [4.69, 9.17) is 4.74 Å². The van der Waals surface area contributed by atoms with Crippen molar-refractivity contribution in [1.29, 1.82) is 0 Å². The topological polar surface area (TPSA) is 71.4 Å². The number of nitrogens with one attached hydrogen (secondary N) is 2. The Morgan fingerprint density at radius 1 is 1.24 bits per heavy atom. The Morgan fingerprint density at radius 3 is 2.76 bits per heavy atom. The van der Waals surface area contributed by atoms with E-state index >= 15 is 0 Å². The van der Waals surface area contributed by atoms with E-state index in [-0.39, 0.29) is 5.82 Å². The first-order valence-corrected chi connectivity index (χ1v) is 8.27. The summed E-state index contributed by atoms with van der Waals surface area (Å²) in [4.78, 5) is 14.3. The highest BCUT2D eigenvalue weighted by atomic mass is 19.1. The molecule has 2 heterocycles. The maximum atomic E-state index is 13.2. The zero-order chi connectivity index (χ0) is 17.6. The predicted octanol–water partition coefficient (Wildman–Crippen LogP) is 2.31. The molecule has 7 nitrogen and oxygen atoms in total. The van der Waals surface area contributed by atoms with Crippen molar-refractivity contribution >= 4 is 17.4 Å². The molecule has 0 radical (unpaired) electrons. The predicted molar refractivity (Wildman–Crippen MR) is 93.3 cm³/mol. The number of carbonyl (C=O) groups is 1. The Kier molecular flexibility index (Phi) is 5.62. The second kappa shape index (κ2) is 8.09. The van der Waals surface area contributed by atoms with Gasteiger partial charge in [0.25, 0.3) is 0 Å². The number of benzene rings is 1. The smallest absolute Gasteiger partial charge is 0.323 e. The average Bonchev–Trinajstić information content (AvgIpc) is 3.04. The molecule has 3 rings (SSSR count). The van der Waals surface area contributed by atoms with Crippen LogP contribution in [0.4, 0.5) is 20.6 Å².